The Balaban J connectivity index is 0.00000420. The van der Waals surface area contributed by atoms with E-state index >= 15 is 0 Å². The van der Waals surface area contributed by atoms with E-state index in [0.29, 0.717) is 0 Å². The Morgan fingerprint density at radius 3 is 1.76 bits per heavy atom. The molecule has 0 aromatic heterocycles. The van der Waals surface area contributed by atoms with Crippen LogP contribution in [0.1, 0.15) is 89.5 Å². The van der Waals surface area contributed by atoms with Crippen LogP contribution in [-0.4, -0.2) is 25.0 Å². The lowest BCUT2D eigenvalue weighted by atomic mass is 9.99. The summed E-state index contributed by atoms with van der Waals surface area (Å²) in [5.41, 5.74) is 1.53. The molecule has 0 spiro atoms. The molecule has 0 atom stereocenters. The second kappa shape index (κ2) is 16.7. The highest BCUT2D eigenvalue weighted by Crippen LogP contribution is 2.21. The maximum atomic E-state index is 2.42. The van der Waals surface area contributed by atoms with Crippen LogP contribution in [0, 0.1) is 0 Å². The van der Waals surface area contributed by atoms with Crippen LogP contribution in [0.3, 0.4) is 0 Å². The van der Waals surface area contributed by atoms with Gasteiger partial charge in [0.25, 0.3) is 0 Å². The number of unbranched alkanes of at least 4 members (excludes halogenated alkanes) is 11. The zero-order valence-corrected chi connectivity index (χ0v) is 19.8. The van der Waals surface area contributed by atoms with Gasteiger partial charge >= 0.3 is 0 Å². The molecular weight excluding hydrogens is 374 g/mol. The predicted molar refractivity (Wildman–Crippen MR) is 133 cm³/mol. The van der Waals surface area contributed by atoms with Crippen molar-refractivity contribution < 1.29 is 0 Å². The minimum absolute atomic E-state index is 0. The number of rotatable bonds is 16. The molecule has 0 saturated carbocycles. The first kappa shape index (κ1) is 26.0. The molecule has 164 valence electrons. The molecule has 2 aromatic carbocycles. The summed E-state index contributed by atoms with van der Waals surface area (Å²) in [6.45, 7) is 4.70. The SMILES string of the molecule is CCN(C)CCCCCCCCCCCCCCc1cccc2ccccc12.Cl. The van der Waals surface area contributed by atoms with Crippen molar-refractivity contribution in [3.63, 3.8) is 0 Å². The minimum Gasteiger partial charge on any atom is -0.307 e. The van der Waals surface area contributed by atoms with E-state index in [2.05, 4.69) is 61.3 Å². The van der Waals surface area contributed by atoms with Crippen LogP contribution in [-0.2, 0) is 6.42 Å². The van der Waals surface area contributed by atoms with E-state index in [9.17, 15) is 0 Å². The van der Waals surface area contributed by atoms with Crippen molar-refractivity contribution in [2.45, 2.75) is 90.4 Å². The summed E-state index contributed by atoms with van der Waals surface area (Å²) in [6, 6.07) is 15.5. The van der Waals surface area contributed by atoms with Gasteiger partial charge in [-0.1, -0.05) is 114 Å². The van der Waals surface area contributed by atoms with Gasteiger partial charge in [-0.3, -0.25) is 0 Å². The van der Waals surface area contributed by atoms with Gasteiger partial charge in [0.15, 0.2) is 0 Å². The zero-order chi connectivity index (χ0) is 19.9. The van der Waals surface area contributed by atoms with Crippen LogP contribution in [0.5, 0.6) is 0 Å². The number of aryl methyl sites for hydroxylation is 1. The Morgan fingerprint density at radius 2 is 1.14 bits per heavy atom. The quantitative estimate of drug-likeness (QED) is 0.247. The highest BCUT2D eigenvalue weighted by Gasteiger charge is 2.00. The molecule has 0 amide bonds. The number of halogens is 1. The molecule has 0 fully saturated rings. The van der Waals surface area contributed by atoms with Crippen molar-refractivity contribution in [3.05, 3.63) is 48.0 Å². The van der Waals surface area contributed by atoms with E-state index < -0.39 is 0 Å². The summed E-state index contributed by atoms with van der Waals surface area (Å²) in [4.78, 5) is 2.42. The molecule has 0 aliphatic rings. The molecule has 0 bridgehead atoms. The molecule has 2 aromatic rings. The molecule has 0 N–H and O–H groups in total. The average molecular weight is 418 g/mol. The largest absolute Gasteiger partial charge is 0.307 e. The second-order valence-electron chi connectivity index (χ2n) is 8.53. The molecule has 0 aliphatic carbocycles. The Kier molecular flexibility index (Phi) is 15.0. The molecular formula is C27H44ClN. The van der Waals surface area contributed by atoms with Crippen LogP contribution < -0.4 is 0 Å². The maximum Gasteiger partial charge on any atom is -0.00219 e. The monoisotopic (exact) mass is 417 g/mol. The number of hydrogen-bond acceptors (Lipinski definition) is 1. The molecule has 1 nitrogen and oxygen atoms in total. The molecule has 2 rings (SSSR count). The fourth-order valence-electron chi connectivity index (χ4n) is 4.13. The Hall–Kier alpha value is -1.05. The standard InChI is InChI=1S/C27H43N.ClH/c1-3-28(2)24-17-13-11-9-7-5-4-6-8-10-12-14-19-25-21-18-22-26-20-15-16-23-27(25)26;/h15-16,18,20-23H,3-14,17,19,24H2,1-2H3;1H. The van der Waals surface area contributed by atoms with Gasteiger partial charge in [0.1, 0.15) is 0 Å². The minimum atomic E-state index is 0. The van der Waals surface area contributed by atoms with Crippen molar-refractivity contribution in [1.82, 2.24) is 4.90 Å². The van der Waals surface area contributed by atoms with Gasteiger partial charge in [0.2, 0.25) is 0 Å². The van der Waals surface area contributed by atoms with Crippen LogP contribution in [0.4, 0.5) is 0 Å². The zero-order valence-electron chi connectivity index (χ0n) is 19.0. The van der Waals surface area contributed by atoms with Crippen molar-refractivity contribution >= 4 is 23.2 Å². The van der Waals surface area contributed by atoms with Gasteiger partial charge in [0, 0.05) is 0 Å². The average Bonchev–Trinajstić information content (AvgIpc) is 2.73. The van der Waals surface area contributed by atoms with Gasteiger partial charge in [0.05, 0.1) is 0 Å². The first-order valence-corrected chi connectivity index (χ1v) is 12.0. The lowest BCUT2D eigenvalue weighted by Gasteiger charge is -2.12. The van der Waals surface area contributed by atoms with Gasteiger partial charge in [-0.15, -0.1) is 12.4 Å². The molecule has 29 heavy (non-hydrogen) atoms. The van der Waals surface area contributed by atoms with E-state index in [1.807, 2.05) is 0 Å². The Morgan fingerprint density at radius 1 is 0.621 bits per heavy atom. The molecule has 0 aliphatic heterocycles. The second-order valence-corrected chi connectivity index (χ2v) is 8.53. The molecule has 0 radical (unpaired) electrons. The summed E-state index contributed by atoms with van der Waals surface area (Å²) >= 11 is 0. The smallest absolute Gasteiger partial charge is 0.00219 e. The van der Waals surface area contributed by atoms with Crippen molar-refractivity contribution in [2.75, 3.05) is 20.1 Å². The van der Waals surface area contributed by atoms with Gasteiger partial charge in [-0.2, -0.15) is 0 Å². The van der Waals surface area contributed by atoms with E-state index in [1.54, 1.807) is 0 Å². The van der Waals surface area contributed by atoms with Gasteiger partial charge < -0.3 is 4.90 Å². The number of nitrogens with zero attached hydrogens (tertiary/aromatic N) is 1. The van der Waals surface area contributed by atoms with Crippen LogP contribution in [0.15, 0.2) is 42.5 Å². The van der Waals surface area contributed by atoms with Gasteiger partial charge in [-0.25, -0.2) is 0 Å². The van der Waals surface area contributed by atoms with Gasteiger partial charge in [-0.05, 0) is 55.7 Å². The third-order valence-corrected chi connectivity index (χ3v) is 6.16. The van der Waals surface area contributed by atoms with E-state index in [4.69, 9.17) is 0 Å². The normalized spacial score (nSPS) is 11.1. The van der Waals surface area contributed by atoms with Crippen LogP contribution in [0.25, 0.3) is 10.8 Å². The fraction of sp³-hybridized carbons (Fsp3) is 0.630. The van der Waals surface area contributed by atoms with Crippen LogP contribution >= 0.6 is 12.4 Å². The van der Waals surface area contributed by atoms with Crippen molar-refractivity contribution in [1.29, 1.82) is 0 Å². The first-order valence-electron chi connectivity index (χ1n) is 12.0. The van der Waals surface area contributed by atoms with E-state index in [-0.39, 0.29) is 12.4 Å². The predicted octanol–water partition coefficient (Wildman–Crippen LogP) is 8.44. The molecule has 2 heteroatoms. The summed E-state index contributed by atoms with van der Waals surface area (Å²) in [7, 11) is 2.23. The van der Waals surface area contributed by atoms with Crippen LogP contribution in [0.2, 0.25) is 0 Å². The maximum absolute atomic E-state index is 2.42. The summed E-state index contributed by atoms with van der Waals surface area (Å²) in [5, 5.41) is 2.83. The molecule has 0 heterocycles. The van der Waals surface area contributed by atoms with E-state index in [0.717, 1.165) is 0 Å². The third-order valence-electron chi connectivity index (χ3n) is 6.16. The summed E-state index contributed by atoms with van der Waals surface area (Å²) in [5.74, 6) is 0. The van der Waals surface area contributed by atoms with Crippen molar-refractivity contribution in [3.8, 4) is 0 Å². The number of fused-ring (bicyclic) bond motifs is 1. The first-order chi connectivity index (χ1) is 13.8. The van der Waals surface area contributed by atoms with E-state index in [1.165, 1.54) is 113 Å². The lowest BCUT2D eigenvalue weighted by molar-refractivity contribution is 0.340. The highest BCUT2D eigenvalue weighted by atomic mass is 35.5. The summed E-state index contributed by atoms with van der Waals surface area (Å²) in [6.07, 6.45) is 18.3. The fourth-order valence-corrected chi connectivity index (χ4v) is 4.13. The number of hydrogen-bond donors (Lipinski definition) is 0. The number of benzene rings is 2. The topological polar surface area (TPSA) is 3.24 Å². The highest BCUT2D eigenvalue weighted by molar-refractivity contribution is 5.85. The molecule has 0 saturated heterocycles. The third kappa shape index (κ3) is 11.1. The summed E-state index contributed by atoms with van der Waals surface area (Å²) < 4.78 is 0. The lowest BCUT2D eigenvalue weighted by Crippen LogP contribution is -2.18. The molecule has 0 unspecified atom stereocenters. The Labute approximate surface area is 186 Å². The van der Waals surface area contributed by atoms with Crippen molar-refractivity contribution in [2.24, 2.45) is 0 Å². The Bertz CT molecular complexity index is 634.